The zero-order valence-corrected chi connectivity index (χ0v) is 22.6. The number of carbonyl (C=O) groups is 2. The van der Waals surface area contributed by atoms with Crippen molar-refractivity contribution in [2.24, 2.45) is 0 Å². The number of ether oxygens (including phenoxy) is 2. The standard InChI is InChI=1S/C34H30O6/c1-5-37-33(35)21(3)17-27-25-19-26-28(18-22(4)34(36)38-6-2)32(24-15-11-8-12-16-24)40-30(26)20-29(25)39-31(27)23-13-9-7-10-14-23/h7-16,19-20H,3-6,17-18H2,1-2H3. The van der Waals surface area contributed by atoms with Crippen molar-refractivity contribution in [3.05, 3.63) is 108 Å². The van der Waals surface area contributed by atoms with Crippen LogP contribution in [0.2, 0.25) is 0 Å². The van der Waals surface area contributed by atoms with Crippen molar-refractivity contribution in [3.8, 4) is 22.6 Å². The molecule has 0 atom stereocenters. The summed E-state index contributed by atoms with van der Waals surface area (Å²) in [5.74, 6) is 0.403. The summed E-state index contributed by atoms with van der Waals surface area (Å²) in [6, 6.07) is 23.3. The molecule has 5 aromatic rings. The van der Waals surface area contributed by atoms with Crippen LogP contribution in [0.15, 0.2) is 106 Å². The smallest absolute Gasteiger partial charge is 0.333 e. The molecule has 0 fully saturated rings. The minimum absolute atomic E-state index is 0.246. The lowest BCUT2D eigenvalue weighted by atomic mass is 9.96. The minimum Gasteiger partial charge on any atom is -0.463 e. The van der Waals surface area contributed by atoms with Gasteiger partial charge in [-0.3, -0.25) is 0 Å². The van der Waals surface area contributed by atoms with Gasteiger partial charge in [-0.05, 0) is 19.9 Å². The molecule has 0 aliphatic carbocycles. The maximum Gasteiger partial charge on any atom is 0.333 e. The molecule has 0 aliphatic rings. The van der Waals surface area contributed by atoms with E-state index in [1.165, 1.54) is 0 Å². The highest BCUT2D eigenvalue weighted by molar-refractivity contribution is 6.02. The van der Waals surface area contributed by atoms with Crippen molar-refractivity contribution in [1.29, 1.82) is 0 Å². The van der Waals surface area contributed by atoms with Crippen molar-refractivity contribution >= 4 is 33.9 Å². The molecule has 6 nitrogen and oxygen atoms in total. The number of carbonyl (C=O) groups excluding carboxylic acids is 2. The van der Waals surface area contributed by atoms with E-state index in [4.69, 9.17) is 18.3 Å². The van der Waals surface area contributed by atoms with E-state index in [2.05, 4.69) is 13.2 Å². The van der Waals surface area contributed by atoms with Gasteiger partial charge in [0.15, 0.2) is 0 Å². The van der Waals surface area contributed by atoms with Crippen LogP contribution in [-0.2, 0) is 31.9 Å². The summed E-state index contributed by atoms with van der Waals surface area (Å²) in [5, 5.41) is 1.64. The SMILES string of the molecule is C=C(Cc1c(-c2ccccc2)oc2cc3oc(-c4ccccc4)c(CC(=C)C(=O)OCC)c3cc12)C(=O)OCC. The number of rotatable bonds is 10. The molecule has 3 aromatic carbocycles. The van der Waals surface area contributed by atoms with Gasteiger partial charge in [0.05, 0.1) is 13.2 Å². The molecule has 202 valence electrons. The normalized spacial score (nSPS) is 11.1. The van der Waals surface area contributed by atoms with E-state index in [0.717, 1.165) is 33.0 Å². The molecule has 0 bridgehead atoms. The van der Waals surface area contributed by atoms with Crippen LogP contribution in [0.25, 0.3) is 44.6 Å². The predicted molar refractivity (Wildman–Crippen MR) is 156 cm³/mol. The molecule has 6 heteroatoms. The highest BCUT2D eigenvalue weighted by Crippen LogP contribution is 2.41. The molecule has 0 saturated heterocycles. The Morgan fingerprint density at radius 2 is 1.05 bits per heavy atom. The molecule has 5 rings (SSSR count). The summed E-state index contributed by atoms with van der Waals surface area (Å²) >= 11 is 0. The highest BCUT2D eigenvalue weighted by Gasteiger charge is 2.24. The second kappa shape index (κ2) is 11.5. The molecule has 0 spiro atoms. The van der Waals surface area contributed by atoms with Crippen LogP contribution in [-0.4, -0.2) is 25.2 Å². The zero-order valence-electron chi connectivity index (χ0n) is 22.6. The molecule has 0 aliphatic heterocycles. The average Bonchev–Trinajstić information content (AvgIpc) is 3.50. The Morgan fingerprint density at radius 3 is 1.43 bits per heavy atom. The highest BCUT2D eigenvalue weighted by atomic mass is 16.5. The van der Waals surface area contributed by atoms with E-state index in [-0.39, 0.29) is 26.1 Å². The van der Waals surface area contributed by atoms with E-state index in [1.807, 2.05) is 72.8 Å². The third-order valence-electron chi connectivity index (χ3n) is 6.68. The lowest BCUT2D eigenvalue weighted by Gasteiger charge is -2.08. The molecule has 0 radical (unpaired) electrons. The molecule has 0 saturated carbocycles. The number of furan rings is 2. The van der Waals surface area contributed by atoms with Gasteiger partial charge in [-0.1, -0.05) is 73.8 Å². The fourth-order valence-electron chi connectivity index (χ4n) is 4.82. The van der Waals surface area contributed by atoms with Gasteiger partial charge < -0.3 is 18.3 Å². The largest absolute Gasteiger partial charge is 0.463 e. The number of benzene rings is 3. The van der Waals surface area contributed by atoms with Crippen LogP contribution >= 0.6 is 0 Å². The first kappa shape index (κ1) is 26.8. The zero-order chi connectivity index (χ0) is 28.2. The van der Waals surface area contributed by atoms with Crippen LogP contribution in [0, 0.1) is 0 Å². The fourth-order valence-corrected chi connectivity index (χ4v) is 4.82. The third kappa shape index (κ3) is 5.21. The maximum atomic E-state index is 12.5. The monoisotopic (exact) mass is 534 g/mol. The second-order valence-corrected chi connectivity index (χ2v) is 9.40. The van der Waals surface area contributed by atoms with E-state index in [9.17, 15) is 9.59 Å². The van der Waals surface area contributed by atoms with Crippen molar-refractivity contribution < 1.29 is 27.9 Å². The Labute approximate surface area is 232 Å². The van der Waals surface area contributed by atoms with Crippen LogP contribution in [0.1, 0.15) is 25.0 Å². The van der Waals surface area contributed by atoms with Crippen LogP contribution < -0.4 is 0 Å². The van der Waals surface area contributed by atoms with Crippen molar-refractivity contribution in [3.63, 3.8) is 0 Å². The second-order valence-electron chi connectivity index (χ2n) is 9.40. The van der Waals surface area contributed by atoms with Gasteiger partial charge in [0.2, 0.25) is 0 Å². The Hall–Kier alpha value is -4.84. The Kier molecular flexibility index (Phi) is 7.69. The molecule has 2 heterocycles. The van der Waals surface area contributed by atoms with Crippen molar-refractivity contribution in [2.45, 2.75) is 26.7 Å². The van der Waals surface area contributed by atoms with Crippen LogP contribution in [0.4, 0.5) is 0 Å². The summed E-state index contributed by atoms with van der Waals surface area (Å²) < 4.78 is 23.2. The number of hydrogen-bond donors (Lipinski definition) is 0. The average molecular weight is 535 g/mol. The summed E-state index contributed by atoms with van der Waals surface area (Å²) in [6.45, 7) is 12.0. The first-order chi connectivity index (χ1) is 19.4. The first-order valence-corrected chi connectivity index (χ1v) is 13.2. The lowest BCUT2D eigenvalue weighted by molar-refractivity contribution is -0.139. The van der Waals surface area contributed by atoms with Gasteiger partial charge in [0.25, 0.3) is 0 Å². The van der Waals surface area contributed by atoms with E-state index in [1.54, 1.807) is 13.8 Å². The molecule has 0 unspecified atom stereocenters. The molecule has 40 heavy (non-hydrogen) atoms. The van der Waals surface area contributed by atoms with Crippen LogP contribution in [0.3, 0.4) is 0 Å². The van der Waals surface area contributed by atoms with Crippen molar-refractivity contribution in [1.82, 2.24) is 0 Å². The Morgan fingerprint density at radius 1 is 0.650 bits per heavy atom. The van der Waals surface area contributed by atoms with Gasteiger partial charge >= 0.3 is 11.9 Å². The number of fused-ring (bicyclic) bond motifs is 2. The quantitative estimate of drug-likeness (QED) is 0.134. The molecule has 0 N–H and O–H groups in total. The minimum atomic E-state index is -0.446. The Bertz CT molecular complexity index is 1600. The van der Waals surface area contributed by atoms with Gasteiger partial charge in [0.1, 0.15) is 22.7 Å². The van der Waals surface area contributed by atoms with Gasteiger partial charge in [-0.2, -0.15) is 0 Å². The van der Waals surface area contributed by atoms with E-state index < -0.39 is 11.9 Å². The summed E-state index contributed by atoms with van der Waals surface area (Å²) in [4.78, 5) is 25.0. The van der Waals surface area contributed by atoms with Gasteiger partial charge in [-0.15, -0.1) is 0 Å². The summed E-state index contributed by atoms with van der Waals surface area (Å²) in [7, 11) is 0. The van der Waals surface area contributed by atoms with E-state index in [0.29, 0.717) is 33.8 Å². The molecular formula is C34H30O6. The third-order valence-corrected chi connectivity index (χ3v) is 6.68. The Balaban J connectivity index is 1.72. The molecular weight excluding hydrogens is 504 g/mol. The predicted octanol–water partition coefficient (Wildman–Crippen LogP) is 7.84. The molecule has 2 aromatic heterocycles. The van der Waals surface area contributed by atoms with Crippen molar-refractivity contribution in [2.75, 3.05) is 13.2 Å². The summed E-state index contributed by atoms with van der Waals surface area (Å²) in [6.07, 6.45) is 0.492. The lowest BCUT2D eigenvalue weighted by Crippen LogP contribution is -2.09. The van der Waals surface area contributed by atoms with Gasteiger partial charge in [0, 0.05) is 63.1 Å². The number of esters is 2. The van der Waals surface area contributed by atoms with Gasteiger partial charge in [-0.25, -0.2) is 9.59 Å². The van der Waals surface area contributed by atoms with E-state index >= 15 is 0 Å². The topological polar surface area (TPSA) is 78.9 Å². The molecule has 0 amide bonds. The summed E-state index contributed by atoms with van der Waals surface area (Å²) in [5.41, 5.74) is 5.28. The first-order valence-electron chi connectivity index (χ1n) is 13.2. The number of hydrogen-bond acceptors (Lipinski definition) is 6. The van der Waals surface area contributed by atoms with Crippen LogP contribution in [0.5, 0.6) is 0 Å². The fraction of sp³-hybridized carbons (Fsp3) is 0.176. The maximum absolute atomic E-state index is 12.5.